The van der Waals surface area contributed by atoms with Crippen LogP contribution in [0.1, 0.15) is 47.0 Å². The highest BCUT2D eigenvalue weighted by molar-refractivity contribution is 5.80. The van der Waals surface area contributed by atoms with Crippen LogP contribution in [-0.4, -0.2) is 42.6 Å². The van der Waals surface area contributed by atoms with Crippen LogP contribution in [0.25, 0.3) is 0 Å². The van der Waals surface area contributed by atoms with Gasteiger partial charge in [-0.2, -0.15) is 0 Å². The number of carbonyl (C=O) groups is 1. The summed E-state index contributed by atoms with van der Waals surface area (Å²) in [6, 6.07) is 0.442. The number of hydrogen-bond acceptors (Lipinski definition) is 3. The molecule has 5 atom stereocenters. The van der Waals surface area contributed by atoms with Crippen LogP contribution in [-0.2, 0) is 9.53 Å². The van der Waals surface area contributed by atoms with E-state index >= 15 is 0 Å². The zero-order valence-corrected chi connectivity index (χ0v) is 13.6. The lowest BCUT2D eigenvalue weighted by molar-refractivity contribution is -0.145. The maximum Gasteiger partial charge on any atom is 0.226 e. The second-order valence-electron chi connectivity index (χ2n) is 7.28. The standard InChI is InChI=1S/C16H30N2O2/c1-10-13(17)7-6-12(16(10,3)4)15(19)18(5)14-8-9-20-11(14)2/h10-14H,6-9,17H2,1-5H3. The fourth-order valence-corrected chi connectivity index (χ4v) is 3.93. The largest absolute Gasteiger partial charge is 0.376 e. The summed E-state index contributed by atoms with van der Waals surface area (Å²) in [4.78, 5) is 14.9. The van der Waals surface area contributed by atoms with E-state index in [2.05, 4.69) is 27.7 Å². The number of hydrogen-bond donors (Lipinski definition) is 1. The van der Waals surface area contributed by atoms with Gasteiger partial charge in [-0.15, -0.1) is 0 Å². The van der Waals surface area contributed by atoms with Crippen molar-refractivity contribution in [3.63, 3.8) is 0 Å². The van der Waals surface area contributed by atoms with Crippen molar-refractivity contribution in [1.29, 1.82) is 0 Å². The van der Waals surface area contributed by atoms with Crippen molar-refractivity contribution in [3.8, 4) is 0 Å². The molecule has 0 aromatic carbocycles. The maximum atomic E-state index is 12.9. The van der Waals surface area contributed by atoms with E-state index in [-0.39, 0.29) is 35.4 Å². The molecule has 20 heavy (non-hydrogen) atoms. The molecule has 0 spiro atoms. The van der Waals surface area contributed by atoms with E-state index in [9.17, 15) is 4.79 Å². The molecule has 1 heterocycles. The Labute approximate surface area is 123 Å². The first kappa shape index (κ1) is 15.8. The molecule has 5 unspecified atom stereocenters. The summed E-state index contributed by atoms with van der Waals surface area (Å²) in [6.45, 7) is 9.40. The van der Waals surface area contributed by atoms with Crippen LogP contribution >= 0.6 is 0 Å². The van der Waals surface area contributed by atoms with Gasteiger partial charge in [-0.25, -0.2) is 0 Å². The molecule has 1 saturated carbocycles. The molecule has 0 radical (unpaired) electrons. The lowest BCUT2D eigenvalue weighted by atomic mass is 9.60. The van der Waals surface area contributed by atoms with E-state index in [0.29, 0.717) is 5.92 Å². The fraction of sp³-hybridized carbons (Fsp3) is 0.938. The lowest BCUT2D eigenvalue weighted by Gasteiger charge is -2.47. The van der Waals surface area contributed by atoms with Crippen LogP contribution in [0.15, 0.2) is 0 Å². The summed E-state index contributed by atoms with van der Waals surface area (Å²) in [5, 5.41) is 0. The Hall–Kier alpha value is -0.610. The molecular weight excluding hydrogens is 252 g/mol. The van der Waals surface area contributed by atoms with Gasteiger partial charge in [0, 0.05) is 25.6 Å². The van der Waals surface area contributed by atoms with Gasteiger partial charge in [0.2, 0.25) is 5.91 Å². The van der Waals surface area contributed by atoms with Gasteiger partial charge in [0.15, 0.2) is 0 Å². The summed E-state index contributed by atoms with van der Waals surface area (Å²) >= 11 is 0. The first-order valence-electron chi connectivity index (χ1n) is 7.90. The highest BCUT2D eigenvalue weighted by Crippen LogP contribution is 2.45. The van der Waals surface area contributed by atoms with Gasteiger partial charge in [-0.1, -0.05) is 20.8 Å². The van der Waals surface area contributed by atoms with Crippen LogP contribution in [0.4, 0.5) is 0 Å². The third kappa shape index (κ3) is 2.60. The lowest BCUT2D eigenvalue weighted by Crippen LogP contribution is -2.54. The van der Waals surface area contributed by atoms with Gasteiger partial charge in [-0.05, 0) is 37.5 Å². The van der Waals surface area contributed by atoms with Crippen molar-refractivity contribution in [2.75, 3.05) is 13.7 Å². The Morgan fingerprint density at radius 2 is 1.90 bits per heavy atom. The van der Waals surface area contributed by atoms with Crippen molar-refractivity contribution in [2.45, 2.75) is 65.1 Å². The Kier molecular flexibility index (Phi) is 4.45. The summed E-state index contributed by atoms with van der Waals surface area (Å²) in [6.07, 6.45) is 2.95. The number of rotatable bonds is 2. The molecule has 4 nitrogen and oxygen atoms in total. The number of ether oxygens (including phenoxy) is 1. The number of carbonyl (C=O) groups excluding carboxylic acids is 1. The Morgan fingerprint density at radius 3 is 2.45 bits per heavy atom. The topological polar surface area (TPSA) is 55.6 Å². The van der Waals surface area contributed by atoms with Gasteiger partial charge >= 0.3 is 0 Å². The molecule has 0 bridgehead atoms. The van der Waals surface area contributed by atoms with Crippen molar-refractivity contribution in [3.05, 3.63) is 0 Å². The Morgan fingerprint density at radius 1 is 1.25 bits per heavy atom. The molecule has 0 aromatic rings. The minimum atomic E-state index is -0.0360. The molecule has 2 aliphatic rings. The SMILES string of the molecule is CC1OCCC1N(C)C(=O)C1CCC(N)C(C)C1(C)C. The quantitative estimate of drug-likeness (QED) is 0.843. The Balaban J connectivity index is 2.12. The second-order valence-corrected chi connectivity index (χ2v) is 7.28. The minimum absolute atomic E-state index is 0.0360. The van der Waals surface area contributed by atoms with E-state index in [4.69, 9.17) is 10.5 Å². The monoisotopic (exact) mass is 282 g/mol. The van der Waals surface area contributed by atoms with E-state index < -0.39 is 0 Å². The molecule has 2 rings (SSSR count). The smallest absolute Gasteiger partial charge is 0.226 e. The predicted molar refractivity (Wildman–Crippen MR) is 80.2 cm³/mol. The number of likely N-dealkylation sites (N-methyl/N-ethyl adjacent to an activating group) is 1. The fourth-order valence-electron chi connectivity index (χ4n) is 3.93. The van der Waals surface area contributed by atoms with Crippen LogP contribution < -0.4 is 5.73 Å². The van der Waals surface area contributed by atoms with E-state index in [1.54, 1.807) is 0 Å². The van der Waals surface area contributed by atoms with E-state index in [0.717, 1.165) is 25.9 Å². The van der Waals surface area contributed by atoms with Gasteiger partial charge < -0.3 is 15.4 Å². The van der Waals surface area contributed by atoms with E-state index in [1.165, 1.54) is 0 Å². The molecule has 2 fully saturated rings. The van der Waals surface area contributed by atoms with Crippen molar-refractivity contribution < 1.29 is 9.53 Å². The molecule has 1 aliphatic carbocycles. The number of nitrogens with two attached hydrogens (primary N) is 1. The zero-order valence-electron chi connectivity index (χ0n) is 13.6. The molecule has 2 N–H and O–H groups in total. The van der Waals surface area contributed by atoms with Crippen LogP contribution in [0.5, 0.6) is 0 Å². The molecule has 1 aliphatic heterocycles. The van der Waals surface area contributed by atoms with Crippen LogP contribution in [0.2, 0.25) is 0 Å². The molecule has 1 amide bonds. The molecule has 1 saturated heterocycles. The average Bonchev–Trinajstić information content (AvgIpc) is 2.81. The molecule has 4 heteroatoms. The van der Waals surface area contributed by atoms with Gasteiger partial charge in [-0.3, -0.25) is 4.79 Å². The second kappa shape index (κ2) is 5.64. The van der Waals surface area contributed by atoms with Gasteiger partial charge in [0.1, 0.15) is 0 Å². The third-order valence-electron chi connectivity index (χ3n) is 5.98. The first-order valence-corrected chi connectivity index (χ1v) is 7.90. The summed E-state index contributed by atoms with van der Waals surface area (Å²) < 4.78 is 5.60. The van der Waals surface area contributed by atoms with Crippen molar-refractivity contribution >= 4 is 5.91 Å². The van der Waals surface area contributed by atoms with E-state index in [1.807, 2.05) is 11.9 Å². The summed E-state index contributed by atoms with van der Waals surface area (Å²) in [5.74, 6) is 0.724. The maximum absolute atomic E-state index is 12.9. The third-order valence-corrected chi connectivity index (χ3v) is 5.98. The van der Waals surface area contributed by atoms with Gasteiger partial charge in [0.05, 0.1) is 12.1 Å². The zero-order chi connectivity index (χ0) is 15.1. The molecular formula is C16H30N2O2. The number of nitrogens with zero attached hydrogens (tertiary/aromatic N) is 1. The summed E-state index contributed by atoms with van der Waals surface area (Å²) in [7, 11) is 1.94. The highest BCUT2D eigenvalue weighted by Gasteiger charge is 2.47. The van der Waals surface area contributed by atoms with Crippen molar-refractivity contribution in [1.82, 2.24) is 4.90 Å². The molecule has 0 aromatic heterocycles. The van der Waals surface area contributed by atoms with Crippen molar-refractivity contribution in [2.24, 2.45) is 23.0 Å². The molecule has 116 valence electrons. The first-order chi connectivity index (χ1) is 9.26. The Bertz CT molecular complexity index is 369. The minimum Gasteiger partial charge on any atom is -0.376 e. The van der Waals surface area contributed by atoms with Crippen LogP contribution in [0, 0.1) is 17.3 Å². The summed E-state index contributed by atoms with van der Waals surface area (Å²) in [5.41, 5.74) is 6.16. The van der Waals surface area contributed by atoms with Gasteiger partial charge in [0.25, 0.3) is 0 Å². The number of amides is 1. The highest BCUT2D eigenvalue weighted by atomic mass is 16.5. The predicted octanol–water partition coefficient (Wildman–Crippen LogP) is 2.02. The normalized spacial score (nSPS) is 40.6. The average molecular weight is 282 g/mol. The van der Waals surface area contributed by atoms with Crippen LogP contribution in [0.3, 0.4) is 0 Å².